The fourth-order valence-corrected chi connectivity index (χ4v) is 5.66. The Bertz CT molecular complexity index is 1020. The average Bonchev–Trinajstić information content (AvgIpc) is 3.04. The lowest BCUT2D eigenvalue weighted by molar-refractivity contribution is 0.265. The molecule has 0 saturated heterocycles. The van der Waals surface area contributed by atoms with Gasteiger partial charge in [-0.1, -0.05) is 130 Å². The van der Waals surface area contributed by atoms with Crippen LogP contribution in [0.5, 0.6) is 5.75 Å². The summed E-state index contributed by atoms with van der Waals surface area (Å²) in [6, 6.07) is 25.6. The Labute approximate surface area is 266 Å². The van der Waals surface area contributed by atoms with Crippen LogP contribution in [0.25, 0.3) is 0 Å². The molecular formula is C37H58BrNOS. The number of anilines is 2. The van der Waals surface area contributed by atoms with E-state index in [2.05, 4.69) is 122 Å². The molecule has 230 valence electrons. The Hall–Kier alpha value is -1.91. The van der Waals surface area contributed by atoms with Gasteiger partial charge in [0.15, 0.2) is 0 Å². The lowest BCUT2D eigenvalue weighted by Crippen LogP contribution is -2.33. The van der Waals surface area contributed by atoms with Crippen LogP contribution in [0.15, 0.2) is 82.2 Å². The first-order chi connectivity index (χ1) is 19.9. The van der Waals surface area contributed by atoms with Crippen molar-refractivity contribution in [2.45, 2.75) is 105 Å². The molecular weight excluding hydrogens is 586 g/mol. The zero-order valence-electron chi connectivity index (χ0n) is 27.7. The predicted molar refractivity (Wildman–Crippen MR) is 192 cm³/mol. The largest absolute Gasteiger partial charge is 0.496 e. The van der Waals surface area contributed by atoms with E-state index in [4.69, 9.17) is 4.74 Å². The summed E-state index contributed by atoms with van der Waals surface area (Å²) in [7, 11) is 1.73. The highest BCUT2D eigenvalue weighted by molar-refractivity contribution is 9.10. The van der Waals surface area contributed by atoms with Crippen LogP contribution in [0.4, 0.5) is 11.4 Å². The van der Waals surface area contributed by atoms with Crippen molar-refractivity contribution in [1.29, 1.82) is 0 Å². The highest BCUT2D eigenvalue weighted by atomic mass is 79.9. The van der Waals surface area contributed by atoms with Crippen LogP contribution < -0.4 is 9.64 Å². The maximum atomic E-state index is 5.56. The minimum Gasteiger partial charge on any atom is -0.496 e. The van der Waals surface area contributed by atoms with Crippen molar-refractivity contribution in [3.05, 3.63) is 82.8 Å². The first-order valence-corrected chi connectivity index (χ1v) is 17.7. The van der Waals surface area contributed by atoms with E-state index in [9.17, 15) is 0 Å². The van der Waals surface area contributed by atoms with Crippen LogP contribution in [0, 0.1) is 5.41 Å². The van der Waals surface area contributed by atoms with Gasteiger partial charge in [0.1, 0.15) is 5.75 Å². The number of nitrogens with zero attached hydrogens (tertiary/aromatic N) is 1. The average molecular weight is 645 g/mol. The zero-order chi connectivity index (χ0) is 31.1. The Kier molecular flexibility index (Phi) is 22.5. The summed E-state index contributed by atoms with van der Waals surface area (Å²) in [4.78, 5) is 3.75. The van der Waals surface area contributed by atoms with Gasteiger partial charge in [-0.15, -0.1) is 11.8 Å². The van der Waals surface area contributed by atoms with Gasteiger partial charge in [0.05, 0.1) is 17.3 Å². The van der Waals surface area contributed by atoms with Gasteiger partial charge in [-0.05, 0) is 76.7 Å². The van der Waals surface area contributed by atoms with Gasteiger partial charge in [-0.25, -0.2) is 0 Å². The number of rotatable bonds is 13. The predicted octanol–water partition coefficient (Wildman–Crippen LogP) is 13.0. The highest BCUT2D eigenvalue weighted by Gasteiger charge is 2.28. The van der Waals surface area contributed by atoms with Crippen LogP contribution in [0.1, 0.15) is 99.5 Å². The second kappa shape index (κ2) is 23.6. The van der Waals surface area contributed by atoms with Gasteiger partial charge in [0.25, 0.3) is 0 Å². The van der Waals surface area contributed by atoms with Crippen LogP contribution in [-0.4, -0.2) is 19.9 Å². The van der Waals surface area contributed by atoms with E-state index in [1.54, 1.807) is 18.9 Å². The Morgan fingerprint density at radius 1 is 0.805 bits per heavy atom. The van der Waals surface area contributed by atoms with Crippen LogP contribution in [-0.2, 0) is 6.42 Å². The van der Waals surface area contributed by atoms with Gasteiger partial charge in [-0.3, -0.25) is 0 Å². The molecule has 0 spiro atoms. The van der Waals surface area contributed by atoms with Crippen LogP contribution in [0.2, 0.25) is 0 Å². The summed E-state index contributed by atoms with van der Waals surface area (Å²) in [5.74, 6) is 0.880. The zero-order valence-corrected chi connectivity index (χ0v) is 30.1. The number of thioether (sulfide) groups is 1. The summed E-state index contributed by atoms with van der Waals surface area (Å²) < 4.78 is 6.55. The molecule has 0 amide bonds. The number of para-hydroxylation sites is 1. The Morgan fingerprint density at radius 2 is 1.32 bits per heavy atom. The second-order valence-electron chi connectivity index (χ2n) is 9.94. The van der Waals surface area contributed by atoms with Gasteiger partial charge in [0.2, 0.25) is 0 Å². The van der Waals surface area contributed by atoms with Gasteiger partial charge in [0, 0.05) is 17.1 Å². The third-order valence-electron chi connectivity index (χ3n) is 6.87. The molecule has 3 rings (SSSR count). The monoisotopic (exact) mass is 643 g/mol. The molecule has 0 saturated carbocycles. The number of ether oxygens (including phenoxy) is 1. The van der Waals surface area contributed by atoms with Crippen molar-refractivity contribution in [3.63, 3.8) is 0 Å². The molecule has 0 bridgehead atoms. The molecule has 41 heavy (non-hydrogen) atoms. The number of benzene rings is 3. The molecule has 0 unspecified atom stereocenters. The van der Waals surface area contributed by atoms with E-state index in [0.29, 0.717) is 0 Å². The minimum atomic E-state index is 0.282. The van der Waals surface area contributed by atoms with E-state index >= 15 is 0 Å². The fraction of sp³-hybridized carbons (Fsp3) is 0.514. The maximum absolute atomic E-state index is 5.56. The Balaban J connectivity index is 0.00000112. The van der Waals surface area contributed by atoms with E-state index < -0.39 is 0 Å². The molecule has 0 fully saturated rings. The number of hydrogen-bond donors (Lipinski definition) is 0. The lowest BCUT2D eigenvalue weighted by atomic mass is 9.79. The molecule has 0 aromatic heterocycles. The van der Waals surface area contributed by atoms with Crippen LogP contribution in [0.3, 0.4) is 0 Å². The van der Waals surface area contributed by atoms with Crippen molar-refractivity contribution in [3.8, 4) is 5.75 Å². The SMILES string of the molecule is CC.CC.CCCCC(C)(CCCC)CN(c1ccccc1)c1cc(Br)c(OC)cc1SC.CCc1ccccc1. The second-order valence-corrected chi connectivity index (χ2v) is 11.6. The van der Waals surface area contributed by atoms with Crippen LogP contribution >= 0.6 is 27.7 Å². The molecule has 0 radical (unpaired) electrons. The number of hydrogen-bond acceptors (Lipinski definition) is 3. The van der Waals surface area contributed by atoms with E-state index in [0.717, 1.165) is 23.2 Å². The lowest BCUT2D eigenvalue weighted by Gasteiger charge is -2.38. The van der Waals surface area contributed by atoms with Gasteiger partial charge in [-0.2, -0.15) is 0 Å². The number of halogens is 1. The molecule has 0 N–H and O–H groups in total. The third kappa shape index (κ3) is 14.2. The molecule has 0 aliphatic heterocycles. The van der Waals surface area contributed by atoms with E-state index in [1.807, 2.05) is 33.8 Å². The summed E-state index contributed by atoms with van der Waals surface area (Å²) in [6.45, 7) is 18.2. The summed E-state index contributed by atoms with van der Waals surface area (Å²) >= 11 is 5.49. The normalized spacial score (nSPS) is 10.2. The first kappa shape index (κ1) is 39.1. The number of unbranched alkanes of at least 4 members (excludes halogenated alkanes) is 2. The van der Waals surface area contributed by atoms with Gasteiger partial charge < -0.3 is 9.64 Å². The van der Waals surface area contributed by atoms with Crippen molar-refractivity contribution in [2.75, 3.05) is 24.8 Å². The smallest absolute Gasteiger partial charge is 0.134 e. The van der Waals surface area contributed by atoms with Crippen molar-refractivity contribution in [1.82, 2.24) is 0 Å². The van der Waals surface area contributed by atoms with E-state index in [-0.39, 0.29) is 5.41 Å². The summed E-state index contributed by atoms with van der Waals surface area (Å²) in [5.41, 5.74) is 4.19. The standard InChI is InChI=1S/C25H36BrNOS.C8H10.2C2H6/c1-6-8-15-25(3,16-9-7-2)19-27(20-13-11-10-12-14-20)22-17-21(26)23(28-4)18-24(22)29-5;1-2-8-6-4-3-5-7-8;2*1-2/h10-14,17-18H,6-9,15-16,19H2,1-5H3;3-7H,2H2,1H3;2*1-2H3. The third-order valence-corrected chi connectivity index (χ3v) is 8.26. The number of methoxy groups -OCH3 is 1. The molecule has 0 atom stereocenters. The maximum Gasteiger partial charge on any atom is 0.134 e. The molecule has 0 aliphatic rings. The molecule has 2 nitrogen and oxygen atoms in total. The summed E-state index contributed by atoms with van der Waals surface area (Å²) in [6.07, 6.45) is 10.9. The molecule has 3 aromatic rings. The number of aryl methyl sites for hydroxylation is 1. The summed E-state index contributed by atoms with van der Waals surface area (Å²) in [5, 5.41) is 0. The van der Waals surface area contributed by atoms with Crippen molar-refractivity contribution in [2.24, 2.45) is 5.41 Å². The highest BCUT2D eigenvalue weighted by Crippen LogP contribution is 2.43. The Morgan fingerprint density at radius 3 is 1.73 bits per heavy atom. The molecule has 3 aromatic carbocycles. The van der Waals surface area contributed by atoms with Crippen molar-refractivity contribution >= 4 is 39.1 Å². The molecule has 0 aliphatic carbocycles. The molecule has 0 heterocycles. The van der Waals surface area contributed by atoms with Crippen molar-refractivity contribution < 1.29 is 4.74 Å². The van der Waals surface area contributed by atoms with E-state index in [1.165, 1.54) is 60.4 Å². The quantitative estimate of drug-likeness (QED) is 0.172. The topological polar surface area (TPSA) is 12.5 Å². The van der Waals surface area contributed by atoms with Gasteiger partial charge >= 0.3 is 0 Å². The minimum absolute atomic E-state index is 0.282. The first-order valence-electron chi connectivity index (χ1n) is 15.7. The fourth-order valence-electron chi connectivity index (χ4n) is 4.56. The molecule has 4 heteroatoms.